The standard InChI is InChI=1S/C19H22ClNO4S/c1-5-21(12-14-7-8-17(20)26-14)18(22)9-6-13-10-15(23-2)19(25-4)16(11-13)24-3/h6-11H,5,12H2,1-4H3/b9-6+. The van der Waals surface area contributed by atoms with Crippen molar-refractivity contribution in [1.29, 1.82) is 0 Å². The van der Waals surface area contributed by atoms with Gasteiger partial charge in [0.2, 0.25) is 11.7 Å². The molecule has 2 aromatic rings. The van der Waals surface area contributed by atoms with Gasteiger partial charge in [-0.25, -0.2) is 0 Å². The molecule has 0 aliphatic heterocycles. The minimum absolute atomic E-state index is 0.0780. The number of methoxy groups -OCH3 is 3. The number of likely N-dealkylation sites (N-methyl/N-ethyl adjacent to an activating group) is 1. The van der Waals surface area contributed by atoms with Gasteiger partial charge >= 0.3 is 0 Å². The fraction of sp³-hybridized carbons (Fsp3) is 0.316. The summed E-state index contributed by atoms with van der Waals surface area (Å²) in [5, 5.41) is 0. The molecule has 26 heavy (non-hydrogen) atoms. The van der Waals surface area contributed by atoms with Gasteiger partial charge in [-0.15, -0.1) is 11.3 Å². The Morgan fingerprint density at radius 1 is 1.15 bits per heavy atom. The van der Waals surface area contributed by atoms with E-state index in [-0.39, 0.29) is 5.91 Å². The molecule has 0 saturated heterocycles. The highest BCUT2D eigenvalue weighted by Crippen LogP contribution is 2.38. The van der Waals surface area contributed by atoms with Crippen LogP contribution < -0.4 is 14.2 Å². The van der Waals surface area contributed by atoms with Gasteiger partial charge in [0.15, 0.2) is 11.5 Å². The molecule has 0 saturated carbocycles. The third kappa shape index (κ3) is 4.93. The number of carbonyl (C=O) groups is 1. The maximum absolute atomic E-state index is 12.5. The summed E-state index contributed by atoms with van der Waals surface area (Å²) >= 11 is 7.43. The summed E-state index contributed by atoms with van der Waals surface area (Å²) < 4.78 is 16.7. The van der Waals surface area contributed by atoms with Gasteiger partial charge in [-0.05, 0) is 42.8 Å². The van der Waals surface area contributed by atoms with E-state index < -0.39 is 0 Å². The average Bonchev–Trinajstić information content (AvgIpc) is 3.07. The molecule has 0 aliphatic carbocycles. The van der Waals surface area contributed by atoms with Crippen molar-refractivity contribution in [3.8, 4) is 17.2 Å². The number of carbonyl (C=O) groups excluding carboxylic acids is 1. The minimum Gasteiger partial charge on any atom is -0.493 e. The van der Waals surface area contributed by atoms with Crippen molar-refractivity contribution >= 4 is 34.9 Å². The zero-order valence-corrected chi connectivity index (χ0v) is 16.8. The van der Waals surface area contributed by atoms with Gasteiger partial charge in [0.1, 0.15) is 0 Å². The third-order valence-electron chi connectivity index (χ3n) is 3.77. The molecule has 1 aromatic heterocycles. The molecule has 0 unspecified atom stereocenters. The Hall–Kier alpha value is -2.18. The number of amides is 1. The molecular weight excluding hydrogens is 374 g/mol. The summed E-state index contributed by atoms with van der Waals surface area (Å²) in [6.07, 6.45) is 3.27. The van der Waals surface area contributed by atoms with Crippen LogP contribution in [0.4, 0.5) is 0 Å². The molecule has 0 aliphatic rings. The van der Waals surface area contributed by atoms with Crippen molar-refractivity contribution < 1.29 is 19.0 Å². The van der Waals surface area contributed by atoms with E-state index in [0.29, 0.717) is 30.3 Å². The van der Waals surface area contributed by atoms with Crippen LogP contribution in [0.1, 0.15) is 17.4 Å². The summed E-state index contributed by atoms with van der Waals surface area (Å²) in [7, 11) is 4.66. The molecule has 1 amide bonds. The highest BCUT2D eigenvalue weighted by atomic mass is 35.5. The second-order valence-corrected chi connectivity index (χ2v) is 7.15. The predicted molar refractivity (Wildman–Crippen MR) is 106 cm³/mol. The summed E-state index contributed by atoms with van der Waals surface area (Å²) in [5.41, 5.74) is 0.781. The summed E-state index contributed by atoms with van der Waals surface area (Å²) in [6.45, 7) is 3.08. The van der Waals surface area contributed by atoms with Crippen molar-refractivity contribution in [2.24, 2.45) is 0 Å². The number of hydrogen-bond donors (Lipinski definition) is 0. The zero-order valence-electron chi connectivity index (χ0n) is 15.2. The Morgan fingerprint density at radius 2 is 1.81 bits per heavy atom. The number of benzene rings is 1. The SMILES string of the molecule is CCN(Cc1ccc(Cl)s1)C(=O)/C=C/c1cc(OC)c(OC)c(OC)c1. The van der Waals surface area contributed by atoms with Crippen LogP contribution in [0.5, 0.6) is 17.2 Å². The van der Waals surface area contributed by atoms with Crippen molar-refractivity contribution in [3.05, 3.63) is 45.1 Å². The van der Waals surface area contributed by atoms with Crippen LogP contribution in [0.25, 0.3) is 6.08 Å². The molecule has 5 nitrogen and oxygen atoms in total. The lowest BCUT2D eigenvalue weighted by molar-refractivity contribution is -0.126. The van der Waals surface area contributed by atoms with Crippen molar-refractivity contribution in [2.45, 2.75) is 13.5 Å². The molecule has 0 spiro atoms. The van der Waals surface area contributed by atoms with Gasteiger partial charge in [0.25, 0.3) is 0 Å². The van der Waals surface area contributed by atoms with Gasteiger partial charge in [0, 0.05) is 17.5 Å². The number of rotatable bonds is 8. The second-order valence-electron chi connectivity index (χ2n) is 5.35. The molecule has 1 aromatic carbocycles. The van der Waals surface area contributed by atoms with Crippen LogP contribution >= 0.6 is 22.9 Å². The van der Waals surface area contributed by atoms with Crippen LogP contribution in [0.15, 0.2) is 30.3 Å². The lowest BCUT2D eigenvalue weighted by Gasteiger charge is -2.18. The van der Waals surface area contributed by atoms with Gasteiger partial charge < -0.3 is 19.1 Å². The summed E-state index contributed by atoms with van der Waals surface area (Å²) in [5.74, 6) is 1.52. The Bertz CT molecular complexity index is 763. The maximum Gasteiger partial charge on any atom is 0.246 e. The second kappa shape index (κ2) is 9.50. The highest BCUT2D eigenvalue weighted by molar-refractivity contribution is 7.16. The Labute approximate surface area is 162 Å². The topological polar surface area (TPSA) is 48.0 Å². The molecule has 1 heterocycles. The molecule has 7 heteroatoms. The molecular formula is C19H22ClNO4S. The van der Waals surface area contributed by atoms with Crippen LogP contribution in [0, 0.1) is 0 Å². The Kier molecular flexibility index (Phi) is 7.36. The molecule has 0 bridgehead atoms. The van der Waals surface area contributed by atoms with Crippen LogP contribution in [0.2, 0.25) is 4.34 Å². The molecule has 0 atom stereocenters. The number of halogens is 1. The number of thiophene rings is 1. The maximum atomic E-state index is 12.5. The lowest BCUT2D eigenvalue weighted by Crippen LogP contribution is -2.28. The van der Waals surface area contributed by atoms with E-state index in [2.05, 4.69) is 0 Å². The first-order valence-corrected chi connectivity index (χ1v) is 9.23. The van der Waals surface area contributed by atoms with E-state index in [0.717, 1.165) is 14.8 Å². The van der Waals surface area contributed by atoms with Gasteiger partial charge in [-0.2, -0.15) is 0 Å². The van der Waals surface area contributed by atoms with Crippen LogP contribution in [-0.2, 0) is 11.3 Å². The lowest BCUT2D eigenvalue weighted by atomic mass is 10.1. The van der Waals surface area contributed by atoms with Gasteiger partial charge in [0.05, 0.1) is 32.2 Å². The largest absolute Gasteiger partial charge is 0.493 e. The van der Waals surface area contributed by atoms with E-state index in [1.807, 2.05) is 19.1 Å². The minimum atomic E-state index is -0.0780. The molecule has 2 rings (SSSR count). The molecule has 0 radical (unpaired) electrons. The zero-order chi connectivity index (χ0) is 19.1. The number of hydrogen-bond acceptors (Lipinski definition) is 5. The first kappa shape index (κ1) is 20.1. The van der Waals surface area contributed by atoms with E-state index in [9.17, 15) is 4.79 Å². The van der Waals surface area contributed by atoms with Crippen LogP contribution in [0.3, 0.4) is 0 Å². The predicted octanol–water partition coefficient (Wildman–Crippen LogP) is 4.49. The van der Waals surface area contributed by atoms with E-state index in [1.165, 1.54) is 11.3 Å². The number of nitrogens with zero attached hydrogens (tertiary/aromatic N) is 1. The highest BCUT2D eigenvalue weighted by Gasteiger charge is 2.13. The molecule has 0 fully saturated rings. The Morgan fingerprint density at radius 3 is 2.27 bits per heavy atom. The van der Waals surface area contributed by atoms with E-state index in [1.54, 1.807) is 50.5 Å². The third-order valence-corrected chi connectivity index (χ3v) is 4.99. The smallest absolute Gasteiger partial charge is 0.246 e. The van der Waals surface area contributed by atoms with Crippen molar-refractivity contribution in [2.75, 3.05) is 27.9 Å². The van der Waals surface area contributed by atoms with Gasteiger partial charge in [-0.3, -0.25) is 4.79 Å². The monoisotopic (exact) mass is 395 g/mol. The van der Waals surface area contributed by atoms with E-state index in [4.69, 9.17) is 25.8 Å². The summed E-state index contributed by atoms with van der Waals surface area (Å²) in [4.78, 5) is 15.3. The first-order valence-electron chi connectivity index (χ1n) is 8.03. The number of ether oxygens (including phenoxy) is 3. The van der Waals surface area contributed by atoms with Crippen molar-refractivity contribution in [3.63, 3.8) is 0 Å². The molecule has 140 valence electrons. The quantitative estimate of drug-likeness (QED) is 0.618. The first-order chi connectivity index (χ1) is 12.5. The Balaban J connectivity index is 2.17. The fourth-order valence-corrected chi connectivity index (χ4v) is 3.54. The average molecular weight is 396 g/mol. The molecule has 0 N–H and O–H groups in total. The summed E-state index contributed by atoms with van der Waals surface area (Å²) in [6, 6.07) is 7.36. The normalized spacial score (nSPS) is 10.8. The van der Waals surface area contributed by atoms with Crippen LogP contribution in [-0.4, -0.2) is 38.7 Å². The van der Waals surface area contributed by atoms with E-state index >= 15 is 0 Å². The fourth-order valence-electron chi connectivity index (χ4n) is 2.44. The van der Waals surface area contributed by atoms with Gasteiger partial charge in [-0.1, -0.05) is 11.6 Å². The van der Waals surface area contributed by atoms with Crippen molar-refractivity contribution in [1.82, 2.24) is 4.90 Å².